The summed E-state index contributed by atoms with van der Waals surface area (Å²) < 4.78 is 32.7. The van der Waals surface area contributed by atoms with Crippen LogP contribution in [-0.2, 0) is 14.8 Å². The van der Waals surface area contributed by atoms with Crippen LogP contribution in [0.25, 0.3) is 0 Å². The summed E-state index contributed by atoms with van der Waals surface area (Å²) in [7, 11) is -1.92. The van der Waals surface area contributed by atoms with Gasteiger partial charge in [-0.25, -0.2) is 13.1 Å². The maximum atomic E-state index is 12.3. The van der Waals surface area contributed by atoms with Crippen LogP contribution in [0.1, 0.15) is 6.92 Å². The number of amides is 1. The number of sulfonamides is 1. The molecule has 0 saturated heterocycles. The predicted octanol–water partition coefficient (Wildman–Crippen LogP) is 0.666. The lowest BCUT2D eigenvalue weighted by molar-refractivity contribution is -0.118. The molecule has 1 atom stereocenters. The van der Waals surface area contributed by atoms with Gasteiger partial charge in [-0.05, 0) is 36.0 Å². The summed E-state index contributed by atoms with van der Waals surface area (Å²) in [4.78, 5) is 11.3. The zero-order valence-corrected chi connectivity index (χ0v) is 14.0. The van der Waals surface area contributed by atoms with Crippen LogP contribution in [0.2, 0.25) is 0 Å². The fourth-order valence-electron chi connectivity index (χ4n) is 1.70. The van der Waals surface area contributed by atoms with Crippen LogP contribution in [0.3, 0.4) is 0 Å². The van der Waals surface area contributed by atoms with Crippen molar-refractivity contribution in [1.82, 2.24) is 10.0 Å². The summed E-state index contributed by atoms with van der Waals surface area (Å²) in [5, 5.41) is 5.57. The first kappa shape index (κ1) is 16.2. The topological polar surface area (TPSA) is 96.5 Å². The quantitative estimate of drug-likeness (QED) is 0.700. The Bertz CT molecular complexity index is 663. The number of rotatable bonds is 5. The van der Waals surface area contributed by atoms with Gasteiger partial charge in [0.05, 0.1) is 10.6 Å². The predicted molar refractivity (Wildman–Crippen MR) is 82.0 cm³/mol. The smallest absolute Gasteiger partial charge is 0.262 e. The van der Waals surface area contributed by atoms with Crippen LogP contribution in [0.15, 0.2) is 21.5 Å². The van der Waals surface area contributed by atoms with Crippen molar-refractivity contribution in [1.29, 1.82) is 0 Å². The van der Waals surface area contributed by atoms with Gasteiger partial charge in [0.1, 0.15) is 5.75 Å². The molecular weight excluding hydrogens is 362 g/mol. The Morgan fingerprint density at radius 1 is 1.48 bits per heavy atom. The van der Waals surface area contributed by atoms with E-state index in [1.165, 1.54) is 12.1 Å². The molecule has 1 aliphatic heterocycles. The highest BCUT2D eigenvalue weighted by Crippen LogP contribution is 2.35. The molecule has 0 aliphatic carbocycles. The molecule has 0 saturated carbocycles. The summed E-state index contributed by atoms with van der Waals surface area (Å²) in [6.07, 6.45) is 0. The summed E-state index contributed by atoms with van der Waals surface area (Å²) in [6.45, 7) is 2.00. The normalized spacial score (nSPS) is 15.9. The van der Waals surface area contributed by atoms with E-state index in [1.807, 2.05) is 6.92 Å². The van der Waals surface area contributed by atoms with E-state index in [9.17, 15) is 13.2 Å². The van der Waals surface area contributed by atoms with Crippen molar-refractivity contribution >= 4 is 37.5 Å². The van der Waals surface area contributed by atoms with Crippen molar-refractivity contribution in [2.24, 2.45) is 0 Å². The number of likely N-dealkylation sites (N-methyl/N-ethyl adjacent to an activating group) is 1. The van der Waals surface area contributed by atoms with Gasteiger partial charge >= 0.3 is 0 Å². The Kier molecular flexibility index (Phi) is 4.87. The number of carbonyl (C=O) groups is 1. The molecule has 1 aromatic rings. The molecule has 7 nitrogen and oxygen atoms in total. The molecule has 1 heterocycles. The Hall–Kier alpha value is -1.16. The van der Waals surface area contributed by atoms with E-state index in [-0.39, 0.29) is 30.0 Å². The van der Waals surface area contributed by atoms with E-state index in [4.69, 9.17) is 4.74 Å². The van der Waals surface area contributed by atoms with Gasteiger partial charge in [-0.3, -0.25) is 4.79 Å². The minimum Gasteiger partial charge on any atom is -0.482 e. The lowest BCUT2D eigenvalue weighted by Gasteiger charge is -2.20. The highest BCUT2D eigenvalue weighted by atomic mass is 79.9. The summed E-state index contributed by atoms with van der Waals surface area (Å²) in [5.74, 6) is 0.0609. The van der Waals surface area contributed by atoms with Gasteiger partial charge in [0, 0.05) is 23.1 Å². The van der Waals surface area contributed by atoms with Gasteiger partial charge in [-0.2, -0.15) is 0 Å². The molecule has 1 unspecified atom stereocenters. The van der Waals surface area contributed by atoms with Gasteiger partial charge in [-0.15, -0.1) is 0 Å². The Morgan fingerprint density at radius 2 is 2.19 bits per heavy atom. The van der Waals surface area contributed by atoms with Gasteiger partial charge in [0.25, 0.3) is 5.91 Å². The highest BCUT2D eigenvalue weighted by molar-refractivity contribution is 9.10. The van der Waals surface area contributed by atoms with Crippen LogP contribution in [0, 0.1) is 0 Å². The monoisotopic (exact) mass is 377 g/mol. The molecule has 2 rings (SSSR count). The molecule has 0 spiro atoms. The standard InChI is InChI=1S/C12H16BrN3O4S/c1-7(14-2)5-15-21(18,19)11-4-10-9(3-8(11)13)16-12(17)6-20-10/h3-4,7,14-15H,5-6H2,1-2H3,(H,16,17). The number of nitrogens with one attached hydrogen (secondary N) is 3. The second kappa shape index (κ2) is 6.30. The van der Waals surface area contributed by atoms with Gasteiger partial charge in [-0.1, -0.05) is 0 Å². The van der Waals surface area contributed by atoms with Crippen molar-refractivity contribution in [3.8, 4) is 5.75 Å². The van der Waals surface area contributed by atoms with E-state index in [0.717, 1.165) is 0 Å². The van der Waals surface area contributed by atoms with Crippen molar-refractivity contribution in [3.63, 3.8) is 0 Å². The first-order chi connectivity index (χ1) is 9.83. The summed E-state index contributed by atoms with van der Waals surface area (Å²) in [5.41, 5.74) is 0.445. The maximum Gasteiger partial charge on any atom is 0.262 e. The lowest BCUT2D eigenvalue weighted by Crippen LogP contribution is -2.37. The number of carbonyl (C=O) groups excluding carboxylic acids is 1. The van der Waals surface area contributed by atoms with Crippen LogP contribution in [0.4, 0.5) is 5.69 Å². The van der Waals surface area contributed by atoms with Crippen molar-refractivity contribution in [2.75, 3.05) is 25.5 Å². The average molecular weight is 378 g/mol. The third-order valence-corrected chi connectivity index (χ3v) is 5.41. The Balaban J connectivity index is 2.29. The van der Waals surface area contributed by atoms with Crippen molar-refractivity contribution in [3.05, 3.63) is 16.6 Å². The highest BCUT2D eigenvalue weighted by Gasteiger charge is 2.24. The van der Waals surface area contributed by atoms with E-state index in [0.29, 0.717) is 15.9 Å². The van der Waals surface area contributed by atoms with E-state index < -0.39 is 10.0 Å². The first-order valence-electron chi connectivity index (χ1n) is 6.26. The largest absolute Gasteiger partial charge is 0.482 e. The van der Waals surface area contributed by atoms with Gasteiger partial charge in [0.2, 0.25) is 10.0 Å². The fraction of sp³-hybridized carbons (Fsp3) is 0.417. The number of benzene rings is 1. The minimum absolute atomic E-state index is 0.00622. The second-order valence-electron chi connectivity index (χ2n) is 4.66. The Labute approximate surface area is 131 Å². The molecule has 1 amide bonds. The van der Waals surface area contributed by atoms with E-state index >= 15 is 0 Å². The van der Waals surface area contributed by atoms with Crippen LogP contribution in [-0.4, -0.2) is 40.6 Å². The molecule has 0 aromatic heterocycles. The second-order valence-corrected chi connectivity index (χ2v) is 7.25. The third kappa shape index (κ3) is 3.73. The molecule has 1 aromatic carbocycles. The molecule has 1 aliphatic rings. The lowest BCUT2D eigenvalue weighted by atomic mass is 10.2. The van der Waals surface area contributed by atoms with Crippen LogP contribution in [0.5, 0.6) is 5.75 Å². The maximum absolute atomic E-state index is 12.3. The zero-order chi connectivity index (χ0) is 15.6. The number of anilines is 1. The fourth-order valence-corrected chi connectivity index (χ4v) is 3.89. The third-order valence-electron chi connectivity index (χ3n) is 3.03. The molecule has 21 heavy (non-hydrogen) atoms. The number of ether oxygens (including phenoxy) is 1. The number of fused-ring (bicyclic) bond motifs is 1. The molecule has 9 heteroatoms. The van der Waals surface area contributed by atoms with E-state index in [2.05, 4.69) is 31.3 Å². The van der Waals surface area contributed by atoms with Crippen molar-refractivity contribution < 1.29 is 17.9 Å². The summed E-state index contributed by atoms with van der Waals surface area (Å²) >= 11 is 3.21. The van der Waals surface area contributed by atoms with E-state index in [1.54, 1.807) is 7.05 Å². The molecule has 0 radical (unpaired) electrons. The average Bonchev–Trinajstić information content (AvgIpc) is 2.43. The number of hydrogen-bond acceptors (Lipinski definition) is 5. The molecular formula is C12H16BrN3O4S. The first-order valence-corrected chi connectivity index (χ1v) is 8.54. The Morgan fingerprint density at radius 3 is 2.86 bits per heavy atom. The zero-order valence-electron chi connectivity index (χ0n) is 11.6. The van der Waals surface area contributed by atoms with Crippen LogP contribution < -0.4 is 20.1 Å². The molecule has 0 fully saturated rings. The van der Waals surface area contributed by atoms with Crippen molar-refractivity contribution in [2.45, 2.75) is 17.9 Å². The molecule has 116 valence electrons. The number of hydrogen-bond donors (Lipinski definition) is 3. The number of halogens is 1. The van der Waals surface area contributed by atoms with Crippen LogP contribution >= 0.6 is 15.9 Å². The molecule has 0 bridgehead atoms. The molecule has 3 N–H and O–H groups in total. The van der Waals surface area contributed by atoms with Gasteiger partial charge in [0.15, 0.2) is 6.61 Å². The summed E-state index contributed by atoms with van der Waals surface area (Å²) in [6, 6.07) is 2.92. The SMILES string of the molecule is CNC(C)CNS(=O)(=O)c1cc2c(cc1Br)NC(=O)CO2. The minimum atomic E-state index is -3.67. The van der Waals surface area contributed by atoms with Gasteiger partial charge < -0.3 is 15.4 Å².